The van der Waals surface area contributed by atoms with E-state index < -0.39 is 47.5 Å². The molecule has 0 radical (unpaired) electrons. The van der Waals surface area contributed by atoms with E-state index in [1.54, 1.807) is 24.3 Å². The van der Waals surface area contributed by atoms with E-state index in [9.17, 15) is 32.7 Å². The molecule has 11 heteroatoms. The van der Waals surface area contributed by atoms with Crippen LogP contribution < -0.4 is 9.64 Å². The summed E-state index contributed by atoms with van der Waals surface area (Å²) in [6.45, 7) is 1.35. The van der Waals surface area contributed by atoms with Gasteiger partial charge in [-0.1, -0.05) is 17.7 Å². The number of carboxylic acid groups (broad SMARTS) is 1. The van der Waals surface area contributed by atoms with Crippen LogP contribution in [-0.4, -0.2) is 53.4 Å². The van der Waals surface area contributed by atoms with Gasteiger partial charge in [-0.15, -0.1) is 0 Å². The number of amides is 2. The van der Waals surface area contributed by atoms with E-state index in [1.807, 2.05) is 6.92 Å². The Labute approximate surface area is 204 Å². The van der Waals surface area contributed by atoms with Crippen LogP contribution in [0.5, 0.6) is 11.6 Å². The van der Waals surface area contributed by atoms with Crippen molar-refractivity contribution in [2.24, 2.45) is 0 Å². The first-order valence-corrected chi connectivity index (χ1v) is 10.5. The number of benzene rings is 2. The minimum atomic E-state index is -4.75. The molecule has 0 bridgehead atoms. The lowest BCUT2D eigenvalue weighted by Gasteiger charge is -2.26. The maximum atomic E-state index is 13.3. The number of rotatable bonds is 7. The number of carbonyl (C=O) groups excluding carboxylic acids is 2. The maximum absolute atomic E-state index is 13.3. The normalized spacial score (nSPS) is 11.1. The monoisotopic (exact) mass is 501 g/mol. The number of pyridine rings is 1. The van der Waals surface area contributed by atoms with Gasteiger partial charge in [-0.25, -0.2) is 9.78 Å². The molecule has 1 heterocycles. The summed E-state index contributed by atoms with van der Waals surface area (Å²) >= 11 is 0. The highest BCUT2D eigenvalue weighted by atomic mass is 19.4. The van der Waals surface area contributed by atoms with Crippen molar-refractivity contribution in [3.63, 3.8) is 0 Å². The van der Waals surface area contributed by atoms with E-state index in [-0.39, 0.29) is 17.0 Å². The Kier molecular flexibility index (Phi) is 7.62. The van der Waals surface area contributed by atoms with Gasteiger partial charge in [0.1, 0.15) is 17.9 Å². The summed E-state index contributed by atoms with van der Waals surface area (Å²) in [7, 11) is 2.97. The molecule has 0 aliphatic carbocycles. The molecular formula is C25H22F3N3O5. The second-order valence-electron chi connectivity index (χ2n) is 7.99. The van der Waals surface area contributed by atoms with Gasteiger partial charge in [0, 0.05) is 25.9 Å². The van der Waals surface area contributed by atoms with Crippen molar-refractivity contribution < 1.29 is 37.4 Å². The number of aromatic nitrogens is 1. The number of alkyl halides is 3. The highest BCUT2D eigenvalue weighted by molar-refractivity contribution is 6.11. The zero-order valence-corrected chi connectivity index (χ0v) is 19.5. The Morgan fingerprint density at radius 3 is 2.28 bits per heavy atom. The second-order valence-corrected chi connectivity index (χ2v) is 7.99. The number of halogens is 3. The van der Waals surface area contributed by atoms with Crippen molar-refractivity contribution in [2.45, 2.75) is 13.1 Å². The zero-order chi connectivity index (χ0) is 26.6. The van der Waals surface area contributed by atoms with Gasteiger partial charge in [-0.2, -0.15) is 13.2 Å². The number of carbonyl (C=O) groups is 3. The summed E-state index contributed by atoms with van der Waals surface area (Å²) in [5.74, 6) is -3.60. The van der Waals surface area contributed by atoms with E-state index in [1.165, 1.54) is 31.1 Å². The minimum absolute atomic E-state index is 0.132. The predicted molar refractivity (Wildman–Crippen MR) is 124 cm³/mol. The molecule has 8 nitrogen and oxygen atoms in total. The number of aryl methyl sites for hydroxylation is 1. The number of nitrogens with zero attached hydrogens (tertiary/aromatic N) is 3. The van der Waals surface area contributed by atoms with Crippen molar-refractivity contribution in [1.29, 1.82) is 0 Å². The molecule has 1 N–H and O–H groups in total. The Balaban J connectivity index is 2.06. The van der Waals surface area contributed by atoms with Gasteiger partial charge in [0.15, 0.2) is 0 Å². The largest absolute Gasteiger partial charge is 0.478 e. The first-order chi connectivity index (χ1) is 16.9. The summed E-state index contributed by atoms with van der Waals surface area (Å²) in [5.41, 5.74) is -0.620. The van der Waals surface area contributed by atoms with Crippen LogP contribution in [0.15, 0.2) is 60.8 Å². The fraction of sp³-hybridized carbons (Fsp3) is 0.200. The summed E-state index contributed by atoms with van der Waals surface area (Å²) in [6, 6.07) is 11.7. The van der Waals surface area contributed by atoms with Gasteiger partial charge >= 0.3 is 12.1 Å². The van der Waals surface area contributed by atoms with Crippen LogP contribution in [0.4, 0.5) is 18.9 Å². The zero-order valence-electron chi connectivity index (χ0n) is 19.5. The number of aromatic carboxylic acids is 1. The Hall–Kier alpha value is -4.41. The molecule has 0 saturated carbocycles. The highest BCUT2D eigenvalue weighted by Crippen LogP contribution is 2.37. The van der Waals surface area contributed by atoms with Gasteiger partial charge < -0.3 is 14.7 Å². The molecule has 0 spiro atoms. The molecule has 36 heavy (non-hydrogen) atoms. The van der Waals surface area contributed by atoms with Crippen LogP contribution in [-0.2, 0) is 11.0 Å². The third-order valence-electron chi connectivity index (χ3n) is 5.12. The highest BCUT2D eigenvalue weighted by Gasteiger charge is 2.35. The molecule has 3 rings (SSSR count). The number of carboxylic acids is 1. The fourth-order valence-electron chi connectivity index (χ4n) is 3.18. The minimum Gasteiger partial charge on any atom is -0.478 e. The Bertz CT molecular complexity index is 1290. The molecule has 0 aliphatic rings. The topological polar surface area (TPSA) is 100 Å². The van der Waals surface area contributed by atoms with E-state index in [0.717, 1.165) is 34.9 Å². The van der Waals surface area contributed by atoms with Gasteiger partial charge in [0.2, 0.25) is 11.8 Å². The molecular weight excluding hydrogens is 479 g/mol. The van der Waals surface area contributed by atoms with E-state index >= 15 is 0 Å². The lowest BCUT2D eigenvalue weighted by Crippen LogP contribution is -2.41. The number of likely N-dealkylation sites (N-methyl/N-ethyl adjacent to an activating group) is 1. The first-order valence-electron chi connectivity index (χ1n) is 10.5. The van der Waals surface area contributed by atoms with Crippen LogP contribution in [0.1, 0.15) is 31.8 Å². The van der Waals surface area contributed by atoms with Crippen LogP contribution >= 0.6 is 0 Å². The molecule has 188 valence electrons. The first kappa shape index (κ1) is 26.2. The maximum Gasteiger partial charge on any atom is 0.421 e. The van der Waals surface area contributed by atoms with Crippen LogP contribution in [0.3, 0.4) is 0 Å². The van der Waals surface area contributed by atoms with Crippen molar-refractivity contribution >= 4 is 23.5 Å². The quantitative estimate of drug-likeness (QED) is 0.507. The van der Waals surface area contributed by atoms with Crippen molar-refractivity contribution in [3.05, 3.63) is 83.0 Å². The summed E-state index contributed by atoms with van der Waals surface area (Å²) in [4.78, 5) is 43.7. The van der Waals surface area contributed by atoms with Gasteiger partial charge in [-0.3, -0.25) is 14.5 Å². The fourth-order valence-corrected chi connectivity index (χ4v) is 3.18. The molecule has 1 aromatic heterocycles. The standard InChI is InChI=1S/C25H22F3N3O5/c1-15-6-8-16(9-7-15)23(33)31(14-21(32)30(2)3)20-11-10-17(13-18(20)24(34)35)36-22-19(25(26,27)28)5-4-12-29-22/h4-13H,14H2,1-3H3,(H,34,35). The molecule has 0 saturated heterocycles. The second kappa shape index (κ2) is 10.5. The predicted octanol–water partition coefficient (Wildman–Crippen LogP) is 4.63. The van der Waals surface area contributed by atoms with Crippen molar-refractivity contribution in [1.82, 2.24) is 9.88 Å². The average molecular weight is 501 g/mol. The van der Waals surface area contributed by atoms with Crippen molar-refractivity contribution in [2.75, 3.05) is 25.5 Å². The molecule has 0 unspecified atom stereocenters. The molecule has 3 aromatic rings. The molecule has 2 amide bonds. The van der Waals surface area contributed by atoms with Crippen molar-refractivity contribution in [3.8, 4) is 11.6 Å². The van der Waals surface area contributed by atoms with E-state index in [4.69, 9.17) is 4.74 Å². The summed E-state index contributed by atoms with van der Waals surface area (Å²) in [6.07, 6.45) is -3.64. The van der Waals surface area contributed by atoms with Gasteiger partial charge in [-0.05, 0) is 49.4 Å². The van der Waals surface area contributed by atoms with Crippen LogP contribution in [0, 0.1) is 6.92 Å². The average Bonchev–Trinajstić information content (AvgIpc) is 2.82. The Morgan fingerprint density at radius 1 is 1.03 bits per heavy atom. The van der Waals surface area contributed by atoms with Crippen LogP contribution in [0.2, 0.25) is 0 Å². The molecule has 0 fully saturated rings. The number of ether oxygens (including phenoxy) is 1. The summed E-state index contributed by atoms with van der Waals surface area (Å²) < 4.78 is 45.2. The molecule has 0 aliphatic heterocycles. The lowest BCUT2D eigenvalue weighted by atomic mass is 10.1. The van der Waals surface area contributed by atoms with Gasteiger partial charge in [0.25, 0.3) is 5.91 Å². The smallest absolute Gasteiger partial charge is 0.421 e. The van der Waals surface area contributed by atoms with Gasteiger partial charge in [0.05, 0.1) is 11.3 Å². The summed E-state index contributed by atoms with van der Waals surface area (Å²) in [5, 5.41) is 9.84. The third kappa shape index (κ3) is 5.98. The molecule has 2 aromatic carbocycles. The number of hydrogen-bond acceptors (Lipinski definition) is 5. The van der Waals surface area contributed by atoms with Crippen LogP contribution in [0.25, 0.3) is 0 Å². The molecule has 0 atom stereocenters. The Morgan fingerprint density at radius 2 is 1.69 bits per heavy atom. The number of anilines is 1. The lowest BCUT2D eigenvalue weighted by molar-refractivity contribution is -0.138. The van der Waals surface area contributed by atoms with E-state index in [2.05, 4.69) is 4.98 Å². The SMILES string of the molecule is Cc1ccc(C(=O)N(CC(=O)N(C)C)c2ccc(Oc3ncccc3C(F)(F)F)cc2C(=O)O)cc1. The third-order valence-corrected chi connectivity index (χ3v) is 5.12. The van der Waals surface area contributed by atoms with E-state index in [0.29, 0.717) is 0 Å². The number of hydrogen-bond donors (Lipinski definition) is 1.